The van der Waals surface area contributed by atoms with E-state index in [1.54, 1.807) is 25.1 Å². The highest BCUT2D eigenvalue weighted by atomic mass is 35.5. The summed E-state index contributed by atoms with van der Waals surface area (Å²) in [6, 6.07) is 4.77. The fourth-order valence-electron chi connectivity index (χ4n) is 3.86. The lowest BCUT2D eigenvalue weighted by Gasteiger charge is -2.18. The van der Waals surface area contributed by atoms with Gasteiger partial charge in [0.05, 0.1) is 11.0 Å². The van der Waals surface area contributed by atoms with E-state index in [9.17, 15) is 18.0 Å². The van der Waals surface area contributed by atoms with Crippen molar-refractivity contribution in [3.63, 3.8) is 0 Å². The molecule has 8 nitrogen and oxygen atoms in total. The molecule has 4 heterocycles. The highest BCUT2D eigenvalue weighted by Crippen LogP contribution is 2.33. The number of nitrogens with two attached hydrogens (primary N) is 1. The normalized spacial score (nSPS) is 26.5. The Hall–Kier alpha value is -1.97. The number of aryl methyl sites for hydroxylation is 1. The third-order valence-corrected chi connectivity index (χ3v) is 7.46. The Morgan fingerprint density at radius 3 is 2.73 bits per heavy atom. The maximum Gasteiger partial charge on any atom is 0.270 e. The minimum absolute atomic E-state index is 0. The highest BCUT2D eigenvalue weighted by Gasteiger charge is 2.51. The molecule has 0 unspecified atom stereocenters. The number of carbonyl (C=O) groups excluding carboxylic acids is 1. The van der Waals surface area contributed by atoms with Crippen LogP contribution in [-0.4, -0.2) is 58.7 Å². The number of pyridine rings is 1. The molecule has 26 heavy (non-hydrogen) atoms. The van der Waals surface area contributed by atoms with Gasteiger partial charge in [-0.3, -0.25) is 14.0 Å². The van der Waals surface area contributed by atoms with Crippen LogP contribution in [0.5, 0.6) is 0 Å². The second-order valence-electron chi connectivity index (χ2n) is 6.74. The molecule has 2 N–H and O–H groups in total. The molecule has 0 bridgehead atoms. The van der Waals surface area contributed by atoms with Crippen molar-refractivity contribution < 1.29 is 13.2 Å². The standard InChI is InChI=1S/C16H18N4O4S.ClH/c1-9-3-2-4-14-18-5-10(16(22)20(9)14)15(21)19-6-11-12(17)8-25(23,24)13(11)7-19;/h2-5,11-13H,6-8,17H2,1H3;1H/t11-,12+,13-;/m0./s1. The molecule has 2 fully saturated rings. The molecule has 0 aromatic carbocycles. The van der Waals surface area contributed by atoms with Crippen molar-refractivity contribution >= 4 is 33.8 Å². The van der Waals surface area contributed by atoms with Crippen LogP contribution in [0, 0.1) is 12.8 Å². The lowest BCUT2D eigenvalue weighted by atomic mass is 10.0. The average Bonchev–Trinajstić information content (AvgIpc) is 3.08. The zero-order chi connectivity index (χ0) is 17.9. The summed E-state index contributed by atoms with van der Waals surface area (Å²) in [6.45, 7) is 2.09. The SMILES string of the molecule is Cc1cccc2ncc(C(=O)N3C[C@H]4[C@H](N)CS(=O)(=O)[C@H]4C3)c(=O)n12.Cl. The minimum atomic E-state index is -3.29. The number of hydrogen-bond donors (Lipinski definition) is 1. The van der Waals surface area contributed by atoms with E-state index in [1.807, 2.05) is 0 Å². The van der Waals surface area contributed by atoms with E-state index >= 15 is 0 Å². The van der Waals surface area contributed by atoms with Gasteiger partial charge in [0, 0.05) is 36.9 Å². The summed E-state index contributed by atoms with van der Waals surface area (Å²) in [5, 5.41) is -0.635. The maximum absolute atomic E-state index is 12.8. The van der Waals surface area contributed by atoms with Gasteiger partial charge in [0.1, 0.15) is 11.2 Å². The van der Waals surface area contributed by atoms with Crippen molar-refractivity contribution in [3.8, 4) is 0 Å². The molecule has 2 aromatic heterocycles. The number of rotatable bonds is 1. The van der Waals surface area contributed by atoms with Gasteiger partial charge in [0.2, 0.25) is 0 Å². The molecule has 140 valence electrons. The summed E-state index contributed by atoms with van der Waals surface area (Å²) >= 11 is 0. The van der Waals surface area contributed by atoms with Crippen LogP contribution in [0.1, 0.15) is 16.1 Å². The first kappa shape index (κ1) is 18.8. The van der Waals surface area contributed by atoms with Crippen LogP contribution in [0.25, 0.3) is 5.65 Å². The van der Waals surface area contributed by atoms with E-state index in [0.717, 1.165) is 0 Å². The fourth-order valence-corrected chi connectivity index (χ4v) is 6.12. The highest BCUT2D eigenvalue weighted by molar-refractivity contribution is 7.92. The molecule has 10 heteroatoms. The molecule has 0 aliphatic carbocycles. The second-order valence-corrected chi connectivity index (χ2v) is 9.01. The molecule has 3 atom stereocenters. The van der Waals surface area contributed by atoms with Crippen LogP contribution < -0.4 is 11.3 Å². The largest absolute Gasteiger partial charge is 0.337 e. The zero-order valence-electron chi connectivity index (χ0n) is 14.0. The third kappa shape index (κ3) is 2.70. The van der Waals surface area contributed by atoms with Crippen LogP contribution in [0.2, 0.25) is 0 Å². The van der Waals surface area contributed by atoms with Crippen LogP contribution in [-0.2, 0) is 9.84 Å². The number of amides is 1. The molecule has 2 aliphatic rings. The van der Waals surface area contributed by atoms with E-state index in [1.165, 1.54) is 15.5 Å². The second kappa shape index (κ2) is 6.33. The van der Waals surface area contributed by atoms with Gasteiger partial charge in [-0.05, 0) is 19.1 Å². The van der Waals surface area contributed by atoms with Crippen LogP contribution in [0.3, 0.4) is 0 Å². The van der Waals surface area contributed by atoms with E-state index in [0.29, 0.717) is 11.3 Å². The van der Waals surface area contributed by atoms with E-state index in [2.05, 4.69) is 4.98 Å². The maximum atomic E-state index is 12.8. The molecule has 2 aromatic rings. The van der Waals surface area contributed by atoms with Crippen LogP contribution >= 0.6 is 12.4 Å². The average molecular weight is 399 g/mol. The molecule has 2 saturated heterocycles. The Kier molecular flexibility index (Phi) is 4.58. The first-order valence-electron chi connectivity index (χ1n) is 8.03. The molecular formula is C16H19ClN4O4S. The Labute approximate surface area is 156 Å². The number of aromatic nitrogens is 2. The summed E-state index contributed by atoms with van der Waals surface area (Å²) in [5.41, 5.74) is 6.56. The van der Waals surface area contributed by atoms with Gasteiger partial charge < -0.3 is 10.6 Å². The first-order valence-corrected chi connectivity index (χ1v) is 9.75. The fraction of sp³-hybridized carbons (Fsp3) is 0.438. The quantitative estimate of drug-likeness (QED) is 0.700. The van der Waals surface area contributed by atoms with Gasteiger partial charge in [0.15, 0.2) is 9.84 Å². The van der Waals surface area contributed by atoms with E-state index in [-0.39, 0.29) is 42.7 Å². The van der Waals surface area contributed by atoms with Crippen molar-refractivity contribution in [2.24, 2.45) is 11.7 Å². The summed E-state index contributed by atoms with van der Waals surface area (Å²) in [7, 11) is -3.29. The molecule has 2 aliphatic heterocycles. The lowest BCUT2D eigenvalue weighted by Crippen LogP contribution is -2.38. The lowest BCUT2D eigenvalue weighted by molar-refractivity contribution is 0.0783. The van der Waals surface area contributed by atoms with Crippen molar-refractivity contribution in [1.82, 2.24) is 14.3 Å². The van der Waals surface area contributed by atoms with Gasteiger partial charge in [0.25, 0.3) is 11.5 Å². The number of halogens is 1. The monoisotopic (exact) mass is 398 g/mol. The molecule has 0 radical (unpaired) electrons. The Morgan fingerprint density at radius 2 is 2.04 bits per heavy atom. The van der Waals surface area contributed by atoms with Gasteiger partial charge in [-0.15, -0.1) is 12.4 Å². The number of nitrogens with zero attached hydrogens (tertiary/aromatic N) is 3. The number of hydrogen-bond acceptors (Lipinski definition) is 6. The zero-order valence-corrected chi connectivity index (χ0v) is 15.7. The topological polar surface area (TPSA) is 115 Å². The first-order chi connectivity index (χ1) is 11.8. The molecule has 0 saturated carbocycles. The Balaban J connectivity index is 0.00000196. The minimum Gasteiger partial charge on any atom is -0.337 e. The molecular weight excluding hydrogens is 380 g/mol. The van der Waals surface area contributed by atoms with Crippen LogP contribution in [0.4, 0.5) is 0 Å². The van der Waals surface area contributed by atoms with Gasteiger partial charge in [-0.1, -0.05) is 6.07 Å². The van der Waals surface area contributed by atoms with E-state index in [4.69, 9.17) is 5.73 Å². The summed E-state index contributed by atoms with van der Waals surface area (Å²) < 4.78 is 25.7. The van der Waals surface area contributed by atoms with Crippen molar-refractivity contribution in [1.29, 1.82) is 0 Å². The Morgan fingerprint density at radius 1 is 1.31 bits per heavy atom. The number of likely N-dealkylation sites (tertiary alicyclic amines) is 1. The van der Waals surface area contributed by atoms with Gasteiger partial charge in [-0.25, -0.2) is 13.4 Å². The Bertz CT molecular complexity index is 1050. The van der Waals surface area contributed by atoms with E-state index < -0.39 is 32.6 Å². The number of sulfone groups is 1. The van der Waals surface area contributed by atoms with Crippen molar-refractivity contribution in [2.45, 2.75) is 18.2 Å². The summed E-state index contributed by atoms with van der Waals surface area (Å²) in [5.74, 6) is -0.803. The van der Waals surface area contributed by atoms with Gasteiger partial charge >= 0.3 is 0 Å². The number of fused-ring (bicyclic) bond motifs is 2. The molecule has 0 spiro atoms. The van der Waals surface area contributed by atoms with Crippen molar-refractivity contribution in [2.75, 3.05) is 18.8 Å². The number of carbonyl (C=O) groups is 1. The molecule has 1 amide bonds. The summed E-state index contributed by atoms with van der Waals surface area (Å²) in [6.07, 6.45) is 1.27. The molecule has 4 rings (SSSR count). The van der Waals surface area contributed by atoms with Crippen LogP contribution in [0.15, 0.2) is 29.2 Å². The predicted molar refractivity (Wildman–Crippen MR) is 98.4 cm³/mol. The summed E-state index contributed by atoms with van der Waals surface area (Å²) in [4.78, 5) is 31.1. The predicted octanol–water partition coefficient (Wildman–Crippen LogP) is -0.379. The van der Waals surface area contributed by atoms with Crippen molar-refractivity contribution in [3.05, 3.63) is 46.0 Å². The van der Waals surface area contributed by atoms with Gasteiger partial charge in [-0.2, -0.15) is 0 Å². The third-order valence-electron chi connectivity index (χ3n) is 5.19. The smallest absolute Gasteiger partial charge is 0.270 e.